The van der Waals surface area contributed by atoms with Crippen molar-refractivity contribution in [1.82, 2.24) is 25.6 Å². The largest absolute Gasteiger partial charge is 0.456 e. The van der Waals surface area contributed by atoms with Gasteiger partial charge in [0.1, 0.15) is 12.2 Å². The molecule has 3 saturated heterocycles. The Balaban J connectivity index is 1.12. The second-order valence-corrected chi connectivity index (χ2v) is 9.65. The molecule has 1 spiro atoms. The van der Waals surface area contributed by atoms with Gasteiger partial charge in [0.2, 0.25) is 0 Å². The Hall–Kier alpha value is -3.99. The van der Waals surface area contributed by atoms with E-state index >= 15 is 0 Å². The molecular weight excluding hydrogens is 498 g/mol. The molecule has 2 aromatic carbocycles. The number of hydrogen-bond acceptors (Lipinski definition) is 7. The van der Waals surface area contributed by atoms with E-state index in [1.54, 1.807) is 6.07 Å². The molecule has 3 fully saturated rings. The summed E-state index contributed by atoms with van der Waals surface area (Å²) in [4.78, 5) is 36.3. The Bertz CT molecular complexity index is 1540. The number of pyridine rings is 1. The van der Waals surface area contributed by atoms with Gasteiger partial charge < -0.3 is 24.5 Å². The maximum Gasteiger partial charge on any atom is 0.322 e. The van der Waals surface area contributed by atoms with Crippen molar-refractivity contribution in [2.24, 2.45) is 0 Å². The average molecular weight is 518 g/mol. The minimum Gasteiger partial charge on any atom is -0.456 e. The number of nitrogens with one attached hydrogen (secondary N) is 3. The van der Waals surface area contributed by atoms with Gasteiger partial charge in [0, 0.05) is 5.56 Å². The molecule has 4 atom stereocenters. The van der Waals surface area contributed by atoms with Crippen molar-refractivity contribution in [2.75, 3.05) is 13.2 Å². The number of carbonyl (C=O) groups is 2. The van der Waals surface area contributed by atoms with Gasteiger partial charge in [-0.25, -0.2) is 9.78 Å². The Labute approximate surface area is 215 Å². The number of benzene rings is 2. The smallest absolute Gasteiger partial charge is 0.322 e. The summed E-state index contributed by atoms with van der Waals surface area (Å²) in [6, 6.07) is 19.6. The zero-order chi connectivity index (χ0) is 25.1. The first-order valence-electron chi connectivity index (χ1n) is 11.8. The molecule has 0 aliphatic carbocycles. The number of urea groups is 1. The lowest BCUT2D eigenvalue weighted by Gasteiger charge is -2.23. The van der Waals surface area contributed by atoms with Crippen LogP contribution in [0.3, 0.4) is 0 Å². The molecule has 37 heavy (non-hydrogen) atoms. The van der Waals surface area contributed by atoms with Crippen molar-refractivity contribution >= 4 is 34.7 Å². The summed E-state index contributed by atoms with van der Waals surface area (Å²) in [7, 11) is 0. The first kappa shape index (κ1) is 22.2. The van der Waals surface area contributed by atoms with Gasteiger partial charge in [-0.1, -0.05) is 66.2 Å². The highest BCUT2D eigenvalue weighted by Crippen LogP contribution is 2.38. The van der Waals surface area contributed by atoms with Crippen LogP contribution in [0.1, 0.15) is 0 Å². The molecule has 0 bridgehead atoms. The zero-order valence-electron chi connectivity index (χ0n) is 19.2. The predicted octanol–water partition coefficient (Wildman–Crippen LogP) is 3.07. The van der Waals surface area contributed by atoms with Crippen molar-refractivity contribution in [3.05, 3.63) is 65.7 Å². The number of imide groups is 1. The molecule has 11 heteroatoms. The summed E-state index contributed by atoms with van der Waals surface area (Å²) in [6.45, 7) is 0.175. The van der Waals surface area contributed by atoms with Crippen LogP contribution in [0, 0.1) is 0 Å². The number of rotatable bonds is 4. The van der Waals surface area contributed by atoms with E-state index in [9.17, 15) is 9.59 Å². The maximum atomic E-state index is 12.4. The van der Waals surface area contributed by atoms with Crippen molar-refractivity contribution in [3.63, 3.8) is 0 Å². The fourth-order valence-corrected chi connectivity index (χ4v) is 5.43. The van der Waals surface area contributed by atoms with Crippen LogP contribution in [-0.2, 0) is 14.3 Å². The third-order valence-corrected chi connectivity index (χ3v) is 7.28. The van der Waals surface area contributed by atoms with Crippen LogP contribution < -0.4 is 15.4 Å². The van der Waals surface area contributed by atoms with E-state index < -0.39 is 35.8 Å². The molecule has 4 aromatic rings. The number of ether oxygens (including phenoxy) is 3. The number of halogens is 1. The number of aromatic nitrogens is 3. The standard InChI is InChI=1S/C26H20ClN5O5/c27-16-10-17-22(29-19(16)15-8-6-14(7-9-15)13-4-2-1-3-5-13)30-25(28-17)37-18-11-35-21-20(18)36-12-26(21)23(33)31-24(34)32-26/h1-10,18,20-21H,11-12H2,(H,28,29,30)(H2,31,32,33,34). The van der Waals surface area contributed by atoms with E-state index in [1.165, 1.54) is 0 Å². The summed E-state index contributed by atoms with van der Waals surface area (Å²) in [5, 5.41) is 5.37. The summed E-state index contributed by atoms with van der Waals surface area (Å²) in [5.41, 5.74) is 3.53. The topological polar surface area (TPSA) is 127 Å². The first-order chi connectivity index (χ1) is 18.0. The van der Waals surface area contributed by atoms with Gasteiger partial charge in [-0.15, -0.1) is 0 Å². The molecule has 0 saturated carbocycles. The zero-order valence-corrected chi connectivity index (χ0v) is 20.0. The van der Waals surface area contributed by atoms with Crippen LogP contribution in [0.25, 0.3) is 33.5 Å². The van der Waals surface area contributed by atoms with E-state index in [4.69, 9.17) is 25.8 Å². The van der Waals surface area contributed by atoms with Gasteiger partial charge in [-0.3, -0.25) is 10.1 Å². The van der Waals surface area contributed by atoms with Gasteiger partial charge in [0.05, 0.1) is 29.4 Å². The second-order valence-electron chi connectivity index (χ2n) is 9.24. The van der Waals surface area contributed by atoms with Crippen molar-refractivity contribution in [1.29, 1.82) is 0 Å². The number of nitrogens with zero attached hydrogens (tertiary/aromatic N) is 2. The Morgan fingerprint density at radius 2 is 1.73 bits per heavy atom. The van der Waals surface area contributed by atoms with Crippen LogP contribution in [-0.4, -0.2) is 64.0 Å². The molecule has 3 aliphatic rings. The van der Waals surface area contributed by atoms with E-state index in [-0.39, 0.29) is 19.2 Å². The lowest BCUT2D eigenvalue weighted by Crippen LogP contribution is -2.57. The fourth-order valence-electron chi connectivity index (χ4n) is 5.17. The average Bonchev–Trinajstić information content (AvgIpc) is 3.65. The first-order valence-corrected chi connectivity index (χ1v) is 12.1. The molecule has 7 rings (SSSR count). The Kier molecular flexibility index (Phi) is 4.97. The monoisotopic (exact) mass is 517 g/mol. The lowest BCUT2D eigenvalue weighted by atomic mass is 9.92. The molecular formula is C26H20ClN5O5. The quantitative estimate of drug-likeness (QED) is 0.355. The number of carbonyl (C=O) groups excluding carboxylic acids is 2. The van der Waals surface area contributed by atoms with Crippen LogP contribution >= 0.6 is 11.6 Å². The molecule has 3 aliphatic heterocycles. The third-order valence-electron chi connectivity index (χ3n) is 7.00. The van der Waals surface area contributed by atoms with Gasteiger partial charge in [0.25, 0.3) is 11.9 Å². The SMILES string of the molecule is O=C1NC(=O)C2(COC3C(Oc4nc5nc(-c6ccc(-c7ccccc7)cc6)c(Cl)cc5[nH]4)COC32)N1. The number of imidazole rings is 1. The number of amides is 3. The van der Waals surface area contributed by atoms with Crippen molar-refractivity contribution in [3.8, 4) is 28.4 Å². The Morgan fingerprint density at radius 1 is 0.973 bits per heavy atom. The molecule has 0 radical (unpaired) electrons. The van der Waals surface area contributed by atoms with Gasteiger partial charge in [0.15, 0.2) is 17.3 Å². The predicted molar refractivity (Wildman–Crippen MR) is 133 cm³/mol. The van der Waals surface area contributed by atoms with Crippen molar-refractivity contribution < 1.29 is 23.8 Å². The molecule has 3 N–H and O–H groups in total. The number of H-pyrrole nitrogens is 1. The normalized spacial score (nSPS) is 26.5. The molecule has 10 nitrogen and oxygen atoms in total. The highest BCUT2D eigenvalue weighted by atomic mass is 35.5. The number of fused-ring (bicyclic) bond motifs is 3. The summed E-state index contributed by atoms with van der Waals surface area (Å²) in [5.74, 6) is -0.461. The fraction of sp³-hybridized carbons (Fsp3) is 0.231. The third kappa shape index (κ3) is 3.56. The highest BCUT2D eigenvalue weighted by molar-refractivity contribution is 6.33. The van der Waals surface area contributed by atoms with Gasteiger partial charge in [-0.2, -0.15) is 4.98 Å². The van der Waals surface area contributed by atoms with Gasteiger partial charge in [-0.05, 0) is 17.2 Å². The van der Waals surface area contributed by atoms with E-state index in [0.29, 0.717) is 21.9 Å². The van der Waals surface area contributed by atoms with Crippen LogP contribution in [0.15, 0.2) is 60.7 Å². The number of aromatic amines is 1. The van der Waals surface area contributed by atoms with Crippen LogP contribution in [0.5, 0.6) is 6.01 Å². The summed E-state index contributed by atoms with van der Waals surface area (Å²) in [6.07, 6.45) is -1.74. The molecule has 186 valence electrons. The van der Waals surface area contributed by atoms with E-state index in [1.807, 2.05) is 42.5 Å². The van der Waals surface area contributed by atoms with Crippen LogP contribution in [0.4, 0.5) is 4.79 Å². The maximum absolute atomic E-state index is 12.4. The molecule has 3 amide bonds. The van der Waals surface area contributed by atoms with E-state index in [0.717, 1.165) is 16.7 Å². The summed E-state index contributed by atoms with van der Waals surface area (Å²) >= 11 is 6.58. The lowest BCUT2D eigenvalue weighted by molar-refractivity contribution is -0.127. The second kappa shape index (κ2) is 8.27. The number of hydrogen-bond donors (Lipinski definition) is 3. The minimum absolute atomic E-state index is 0.00346. The van der Waals surface area contributed by atoms with Crippen molar-refractivity contribution in [2.45, 2.75) is 23.9 Å². The van der Waals surface area contributed by atoms with E-state index in [2.05, 4.69) is 37.7 Å². The highest BCUT2D eigenvalue weighted by Gasteiger charge is 2.64. The van der Waals surface area contributed by atoms with Gasteiger partial charge >= 0.3 is 6.03 Å². The minimum atomic E-state index is -1.24. The summed E-state index contributed by atoms with van der Waals surface area (Å²) < 4.78 is 17.7. The van der Waals surface area contributed by atoms with Crippen LogP contribution in [0.2, 0.25) is 5.02 Å². The molecule has 2 aromatic heterocycles. The molecule has 5 heterocycles. The Morgan fingerprint density at radius 3 is 2.49 bits per heavy atom. The molecule has 4 unspecified atom stereocenters.